The van der Waals surface area contributed by atoms with Gasteiger partial charge in [0.2, 0.25) is 0 Å². The quantitative estimate of drug-likeness (QED) is 0.829. The van der Waals surface area contributed by atoms with Gasteiger partial charge in [-0.25, -0.2) is 4.98 Å². The predicted molar refractivity (Wildman–Crippen MR) is 75.2 cm³/mol. The first-order valence-corrected chi connectivity index (χ1v) is 6.62. The summed E-state index contributed by atoms with van der Waals surface area (Å²) in [5.74, 6) is 0.613. The third kappa shape index (κ3) is 2.84. The van der Waals surface area contributed by atoms with Crippen LogP contribution in [0.3, 0.4) is 0 Å². The van der Waals surface area contributed by atoms with Crippen molar-refractivity contribution in [1.82, 2.24) is 4.98 Å². The molecule has 0 aliphatic heterocycles. The molecule has 1 heterocycles. The van der Waals surface area contributed by atoms with Crippen LogP contribution < -0.4 is 11.1 Å². The van der Waals surface area contributed by atoms with Crippen molar-refractivity contribution >= 4 is 40.6 Å². The highest BCUT2D eigenvalue weighted by Crippen LogP contribution is 2.30. The predicted octanol–water partition coefficient (Wildman–Crippen LogP) is 3.78. The molecule has 0 aliphatic carbocycles. The summed E-state index contributed by atoms with van der Waals surface area (Å²) in [6, 6.07) is 9.67. The van der Waals surface area contributed by atoms with Crippen LogP contribution in [-0.2, 0) is 0 Å². The summed E-state index contributed by atoms with van der Waals surface area (Å²) in [6.07, 6.45) is 3.61. The van der Waals surface area contributed by atoms with Gasteiger partial charge >= 0.3 is 0 Å². The van der Waals surface area contributed by atoms with Gasteiger partial charge in [-0.05, 0) is 24.5 Å². The van der Waals surface area contributed by atoms with E-state index in [0.717, 1.165) is 10.6 Å². The van der Waals surface area contributed by atoms with E-state index in [1.165, 1.54) is 0 Å². The first-order valence-electron chi connectivity index (χ1n) is 5.02. The molecule has 0 aliphatic rings. The minimum Gasteiger partial charge on any atom is -0.397 e. The third-order valence-corrected chi connectivity index (χ3v) is 3.31. The lowest BCUT2D eigenvalue weighted by Crippen LogP contribution is -1.97. The Bertz CT molecular complexity index is 531. The van der Waals surface area contributed by atoms with Crippen molar-refractivity contribution in [1.29, 1.82) is 0 Å². The third-order valence-electron chi connectivity index (χ3n) is 2.22. The fourth-order valence-electron chi connectivity index (χ4n) is 1.42. The summed E-state index contributed by atoms with van der Waals surface area (Å²) in [6.45, 7) is 0. The smallest absolute Gasteiger partial charge is 0.149 e. The SMILES string of the molecule is CSc1ccccc1Nc1ncc(N)cc1Cl. The molecule has 0 radical (unpaired) electrons. The second kappa shape index (κ2) is 5.29. The first kappa shape index (κ1) is 12.1. The van der Waals surface area contributed by atoms with Crippen molar-refractivity contribution in [2.75, 3.05) is 17.3 Å². The van der Waals surface area contributed by atoms with E-state index in [1.807, 2.05) is 30.5 Å². The first-order chi connectivity index (χ1) is 8.20. The van der Waals surface area contributed by atoms with Gasteiger partial charge in [-0.2, -0.15) is 0 Å². The molecule has 0 amide bonds. The topological polar surface area (TPSA) is 50.9 Å². The maximum atomic E-state index is 6.06. The summed E-state index contributed by atoms with van der Waals surface area (Å²) in [4.78, 5) is 5.31. The van der Waals surface area contributed by atoms with Crippen molar-refractivity contribution < 1.29 is 0 Å². The van der Waals surface area contributed by atoms with Gasteiger partial charge in [-0.1, -0.05) is 23.7 Å². The lowest BCUT2D eigenvalue weighted by Gasteiger charge is -2.10. The number of nitrogens with two attached hydrogens (primary N) is 1. The molecule has 3 nitrogen and oxygen atoms in total. The van der Waals surface area contributed by atoms with Crippen molar-refractivity contribution in [2.45, 2.75) is 4.90 Å². The van der Waals surface area contributed by atoms with Crippen LogP contribution in [-0.4, -0.2) is 11.2 Å². The average Bonchev–Trinajstić information content (AvgIpc) is 2.33. The second-order valence-electron chi connectivity index (χ2n) is 3.42. The summed E-state index contributed by atoms with van der Waals surface area (Å²) in [5, 5.41) is 3.71. The molecule has 0 unspecified atom stereocenters. The van der Waals surface area contributed by atoms with Crippen LogP contribution in [0.2, 0.25) is 5.02 Å². The number of benzene rings is 1. The van der Waals surface area contributed by atoms with Crippen molar-refractivity contribution in [3.8, 4) is 0 Å². The van der Waals surface area contributed by atoms with E-state index < -0.39 is 0 Å². The molecule has 3 N–H and O–H groups in total. The molecule has 88 valence electrons. The van der Waals surface area contributed by atoms with Gasteiger partial charge < -0.3 is 11.1 Å². The van der Waals surface area contributed by atoms with Crippen LogP contribution >= 0.6 is 23.4 Å². The number of para-hydroxylation sites is 1. The van der Waals surface area contributed by atoms with E-state index in [-0.39, 0.29) is 0 Å². The van der Waals surface area contributed by atoms with Crippen molar-refractivity contribution in [3.05, 3.63) is 41.6 Å². The van der Waals surface area contributed by atoms with Gasteiger partial charge in [-0.3, -0.25) is 0 Å². The van der Waals surface area contributed by atoms with Crippen LogP contribution in [0.25, 0.3) is 0 Å². The van der Waals surface area contributed by atoms with Crippen molar-refractivity contribution in [3.63, 3.8) is 0 Å². The van der Waals surface area contributed by atoms with Crippen LogP contribution in [0.15, 0.2) is 41.4 Å². The second-order valence-corrected chi connectivity index (χ2v) is 4.68. The summed E-state index contributed by atoms with van der Waals surface area (Å²) >= 11 is 7.73. The number of hydrogen-bond donors (Lipinski definition) is 2. The molecule has 0 saturated carbocycles. The number of hydrogen-bond acceptors (Lipinski definition) is 4. The molecule has 1 aromatic carbocycles. The minimum absolute atomic E-state index is 0.515. The van der Waals surface area contributed by atoms with Crippen molar-refractivity contribution in [2.24, 2.45) is 0 Å². The number of thioether (sulfide) groups is 1. The van der Waals surface area contributed by atoms with Crippen LogP contribution in [0.1, 0.15) is 0 Å². The molecule has 0 atom stereocenters. The van der Waals surface area contributed by atoms with E-state index in [9.17, 15) is 0 Å². The lowest BCUT2D eigenvalue weighted by atomic mass is 10.3. The number of rotatable bonds is 3. The highest BCUT2D eigenvalue weighted by Gasteiger charge is 2.05. The van der Waals surface area contributed by atoms with E-state index in [1.54, 1.807) is 24.0 Å². The molecule has 0 bridgehead atoms. The van der Waals surface area contributed by atoms with Gasteiger partial charge in [0, 0.05) is 4.90 Å². The Kier molecular flexibility index (Phi) is 3.76. The maximum Gasteiger partial charge on any atom is 0.149 e. The zero-order valence-electron chi connectivity index (χ0n) is 9.27. The van der Waals surface area contributed by atoms with Crippen LogP contribution in [0, 0.1) is 0 Å². The van der Waals surface area contributed by atoms with Gasteiger partial charge in [-0.15, -0.1) is 11.8 Å². The van der Waals surface area contributed by atoms with E-state index in [2.05, 4.69) is 10.3 Å². The zero-order chi connectivity index (χ0) is 12.3. The molecule has 0 spiro atoms. The Balaban J connectivity index is 2.31. The Labute approximate surface area is 109 Å². The van der Waals surface area contributed by atoms with E-state index in [0.29, 0.717) is 16.5 Å². The van der Waals surface area contributed by atoms with Gasteiger partial charge in [0.1, 0.15) is 5.82 Å². The molecule has 2 rings (SSSR count). The number of nitrogens with one attached hydrogen (secondary N) is 1. The molecule has 0 fully saturated rings. The number of nitrogens with zero attached hydrogens (tertiary/aromatic N) is 1. The largest absolute Gasteiger partial charge is 0.397 e. The standard InChI is InChI=1S/C12H12ClN3S/c1-17-11-5-3-2-4-10(11)16-12-9(13)6-8(14)7-15-12/h2-7H,14H2,1H3,(H,15,16). The monoisotopic (exact) mass is 265 g/mol. The Morgan fingerprint density at radius 1 is 1.35 bits per heavy atom. The van der Waals surface area contributed by atoms with Crippen LogP contribution in [0.5, 0.6) is 0 Å². The number of aromatic nitrogens is 1. The molecule has 0 saturated heterocycles. The molecular weight excluding hydrogens is 254 g/mol. The fourth-order valence-corrected chi connectivity index (χ4v) is 2.20. The number of pyridine rings is 1. The van der Waals surface area contributed by atoms with E-state index >= 15 is 0 Å². The number of halogens is 1. The Hall–Kier alpha value is -1.39. The fraction of sp³-hybridized carbons (Fsp3) is 0.0833. The molecule has 2 aromatic rings. The number of nitrogen functional groups attached to an aromatic ring is 1. The minimum atomic E-state index is 0.515. The molecular formula is C12H12ClN3S. The number of anilines is 3. The van der Waals surface area contributed by atoms with Gasteiger partial charge in [0.25, 0.3) is 0 Å². The van der Waals surface area contributed by atoms with Gasteiger partial charge in [0.05, 0.1) is 22.6 Å². The summed E-state index contributed by atoms with van der Waals surface area (Å²) in [7, 11) is 0. The summed E-state index contributed by atoms with van der Waals surface area (Å²) < 4.78 is 0. The molecule has 17 heavy (non-hydrogen) atoms. The Morgan fingerprint density at radius 2 is 2.12 bits per heavy atom. The van der Waals surface area contributed by atoms with Gasteiger partial charge in [0.15, 0.2) is 0 Å². The normalized spacial score (nSPS) is 10.2. The molecule has 1 aromatic heterocycles. The highest BCUT2D eigenvalue weighted by atomic mass is 35.5. The lowest BCUT2D eigenvalue weighted by molar-refractivity contribution is 1.29. The zero-order valence-corrected chi connectivity index (χ0v) is 10.8. The molecule has 5 heteroatoms. The van der Waals surface area contributed by atoms with E-state index in [4.69, 9.17) is 17.3 Å². The maximum absolute atomic E-state index is 6.06. The highest BCUT2D eigenvalue weighted by molar-refractivity contribution is 7.98. The summed E-state index contributed by atoms with van der Waals surface area (Å²) in [5.41, 5.74) is 7.14. The average molecular weight is 266 g/mol. The Morgan fingerprint density at radius 3 is 2.82 bits per heavy atom. The van der Waals surface area contributed by atoms with Crippen LogP contribution in [0.4, 0.5) is 17.2 Å².